The van der Waals surface area contributed by atoms with E-state index >= 15 is 0 Å². The summed E-state index contributed by atoms with van der Waals surface area (Å²) in [4.78, 5) is 11.0. The van der Waals surface area contributed by atoms with E-state index in [1.54, 1.807) is 12.3 Å². The lowest BCUT2D eigenvalue weighted by molar-refractivity contribution is 0.325. The zero-order valence-electron chi connectivity index (χ0n) is 11.0. The van der Waals surface area contributed by atoms with Gasteiger partial charge in [0.2, 0.25) is 11.8 Å². The van der Waals surface area contributed by atoms with E-state index in [9.17, 15) is 0 Å². The second-order valence-electron chi connectivity index (χ2n) is 4.64. The minimum Gasteiger partial charge on any atom is -0.478 e. The number of ether oxygens (including phenoxy) is 1. The van der Waals surface area contributed by atoms with Crippen molar-refractivity contribution in [3.05, 3.63) is 12.3 Å². The first-order chi connectivity index (χ1) is 8.83. The molecule has 0 aromatic carbocycles. The molecule has 5 heteroatoms. The number of piperidine rings is 1. The molecule has 0 atom stereocenters. The summed E-state index contributed by atoms with van der Waals surface area (Å²) in [6, 6.07) is 1.80. The van der Waals surface area contributed by atoms with Crippen LogP contribution < -0.4 is 15.4 Å². The SMILES string of the molecule is CCOc1ccnc(N2CCC(CCN)CC2)n1. The fourth-order valence-electron chi connectivity index (χ4n) is 2.37. The molecule has 1 fully saturated rings. The van der Waals surface area contributed by atoms with Crippen LogP contribution in [0.1, 0.15) is 26.2 Å². The number of anilines is 1. The molecule has 1 aliphatic rings. The fourth-order valence-corrected chi connectivity index (χ4v) is 2.37. The predicted octanol–water partition coefficient (Wildman–Crippen LogP) is 1.44. The Labute approximate surface area is 108 Å². The van der Waals surface area contributed by atoms with Crippen molar-refractivity contribution in [1.29, 1.82) is 0 Å². The van der Waals surface area contributed by atoms with Crippen LogP contribution in [0.3, 0.4) is 0 Å². The maximum atomic E-state index is 5.60. The highest BCUT2D eigenvalue weighted by Gasteiger charge is 2.20. The Hall–Kier alpha value is -1.36. The summed E-state index contributed by atoms with van der Waals surface area (Å²) < 4.78 is 5.40. The monoisotopic (exact) mass is 250 g/mol. The zero-order chi connectivity index (χ0) is 12.8. The van der Waals surface area contributed by atoms with Crippen LogP contribution in [0.5, 0.6) is 5.88 Å². The Balaban J connectivity index is 1.94. The van der Waals surface area contributed by atoms with Gasteiger partial charge in [-0.2, -0.15) is 4.98 Å². The van der Waals surface area contributed by atoms with Crippen LogP contribution in [-0.4, -0.2) is 36.2 Å². The Morgan fingerprint density at radius 1 is 1.44 bits per heavy atom. The first-order valence-electron chi connectivity index (χ1n) is 6.74. The van der Waals surface area contributed by atoms with Gasteiger partial charge in [0.05, 0.1) is 6.61 Å². The zero-order valence-corrected chi connectivity index (χ0v) is 11.0. The Morgan fingerprint density at radius 3 is 2.89 bits per heavy atom. The Morgan fingerprint density at radius 2 is 2.22 bits per heavy atom. The lowest BCUT2D eigenvalue weighted by Gasteiger charge is -2.31. The van der Waals surface area contributed by atoms with Gasteiger partial charge in [-0.05, 0) is 38.6 Å². The molecule has 18 heavy (non-hydrogen) atoms. The van der Waals surface area contributed by atoms with Crippen molar-refractivity contribution in [1.82, 2.24) is 9.97 Å². The number of aromatic nitrogens is 2. The average Bonchev–Trinajstić information content (AvgIpc) is 2.41. The van der Waals surface area contributed by atoms with Gasteiger partial charge in [-0.1, -0.05) is 0 Å². The van der Waals surface area contributed by atoms with E-state index in [1.165, 1.54) is 12.8 Å². The van der Waals surface area contributed by atoms with E-state index in [0.29, 0.717) is 12.5 Å². The number of nitrogens with two attached hydrogens (primary N) is 1. The van der Waals surface area contributed by atoms with Crippen molar-refractivity contribution in [2.45, 2.75) is 26.2 Å². The molecular weight excluding hydrogens is 228 g/mol. The van der Waals surface area contributed by atoms with Crippen molar-refractivity contribution in [3.8, 4) is 5.88 Å². The highest BCUT2D eigenvalue weighted by molar-refractivity contribution is 5.32. The first-order valence-corrected chi connectivity index (χ1v) is 6.74. The second kappa shape index (κ2) is 6.54. The van der Waals surface area contributed by atoms with Gasteiger partial charge in [-0.25, -0.2) is 4.98 Å². The molecule has 0 amide bonds. The lowest BCUT2D eigenvalue weighted by Crippen LogP contribution is -2.35. The van der Waals surface area contributed by atoms with Gasteiger partial charge < -0.3 is 15.4 Å². The van der Waals surface area contributed by atoms with Crippen molar-refractivity contribution >= 4 is 5.95 Å². The summed E-state index contributed by atoms with van der Waals surface area (Å²) in [5, 5.41) is 0. The molecular formula is C13H22N4O. The normalized spacial score (nSPS) is 16.9. The van der Waals surface area contributed by atoms with Gasteiger partial charge in [0.15, 0.2) is 0 Å². The summed E-state index contributed by atoms with van der Waals surface area (Å²) >= 11 is 0. The minimum absolute atomic E-state index is 0.634. The van der Waals surface area contributed by atoms with Crippen LogP contribution in [0.25, 0.3) is 0 Å². The Bertz CT molecular complexity index is 364. The van der Waals surface area contributed by atoms with Crippen molar-refractivity contribution < 1.29 is 4.74 Å². The average molecular weight is 250 g/mol. The molecule has 0 aliphatic carbocycles. The summed E-state index contributed by atoms with van der Waals surface area (Å²) in [6.45, 7) is 5.41. The number of hydrogen-bond donors (Lipinski definition) is 1. The van der Waals surface area contributed by atoms with E-state index in [2.05, 4.69) is 14.9 Å². The van der Waals surface area contributed by atoms with Crippen LogP contribution in [0.15, 0.2) is 12.3 Å². The van der Waals surface area contributed by atoms with Gasteiger partial charge in [0.1, 0.15) is 0 Å². The van der Waals surface area contributed by atoms with Crippen LogP contribution in [-0.2, 0) is 0 Å². The minimum atomic E-state index is 0.634. The molecule has 0 bridgehead atoms. The van der Waals surface area contributed by atoms with Crippen LogP contribution >= 0.6 is 0 Å². The smallest absolute Gasteiger partial charge is 0.228 e. The van der Waals surface area contributed by atoms with E-state index in [1.807, 2.05) is 6.92 Å². The van der Waals surface area contributed by atoms with Crippen molar-refractivity contribution in [3.63, 3.8) is 0 Å². The van der Waals surface area contributed by atoms with Crippen LogP contribution in [0.2, 0.25) is 0 Å². The lowest BCUT2D eigenvalue weighted by atomic mass is 9.94. The topological polar surface area (TPSA) is 64.3 Å². The third-order valence-corrected chi connectivity index (χ3v) is 3.38. The molecule has 1 saturated heterocycles. The van der Waals surface area contributed by atoms with E-state index in [0.717, 1.165) is 37.9 Å². The van der Waals surface area contributed by atoms with Gasteiger partial charge >= 0.3 is 0 Å². The highest BCUT2D eigenvalue weighted by Crippen LogP contribution is 2.23. The predicted molar refractivity (Wildman–Crippen MR) is 71.8 cm³/mol. The number of rotatable bonds is 5. The highest BCUT2D eigenvalue weighted by atomic mass is 16.5. The van der Waals surface area contributed by atoms with Gasteiger partial charge in [0.25, 0.3) is 0 Å². The van der Waals surface area contributed by atoms with Gasteiger partial charge in [-0.3, -0.25) is 0 Å². The maximum Gasteiger partial charge on any atom is 0.228 e. The van der Waals surface area contributed by atoms with E-state index < -0.39 is 0 Å². The van der Waals surface area contributed by atoms with Crippen molar-refractivity contribution in [2.75, 3.05) is 31.1 Å². The van der Waals surface area contributed by atoms with Crippen molar-refractivity contribution in [2.24, 2.45) is 11.7 Å². The molecule has 2 rings (SSSR count). The molecule has 0 saturated carbocycles. The Kier molecular flexibility index (Phi) is 4.75. The molecule has 1 aromatic rings. The first kappa shape index (κ1) is 13.1. The molecule has 1 aromatic heterocycles. The summed E-state index contributed by atoms with van der Waals surface area (Å²) in [6.07, 6.45) is 5.26. The second-order valence-corrected chi connectivity index (χ2v) is 4.64. The molecule has 2 heterocycles. The molecule has 5 nitrogen and oxygen atoms in total. The maximum absolute atomic E-state index is 5.60. The summed E-state index contributed by atoms with van der Waals surface area (Å²) in [5.74, 6) is 2.21. The number of nitrogens with zero attached hydrogens (tertiary/aromatic N) is 3. The third kappa shape index (κ3) is 3.32. The molecule has 0 unspecified atom stereocenters. The fraction of sp³-hybridized carbons (Fsp3) is 0.692. The van der Waals surface area contributed by atoms with E-state index in [4.69, 9.17) is 10.5 Å². The molecule has 0 spiro atoms. The summed E-state index contributed by atoms with van der Waals surface area (Å²) in [5.41, 5.74) is 5.60. The van der Waals surface area contributed by atoms with Gasteiger partial charge in [-0.15, -0.1) is 0 Å². The standard InChI is InChI=1S/C13H22N4O/c1-2-18-12-4-8-15-13(16-12)17-9-5-11(3-7-14)6-10-17/h4,8,11H,2-3,5-7,9-10,14H2,1H3. The summed E-state index contributed by atoms with van der Waals surface area (Å²) in [7, 11) is 0. The number of hydrogen-bond acceptors (Lipinski definition) is 5. The molecule has 0 radical (unpaired) electrons. The van der Waals surface area contributed by atoms with Crippen LogP contribution in [0, 0.1) is 5.92 Å². The van der Waals surface area contributed by atoms with Gasteiger partial charge in [0, 0.05) is 25.4 Å². The quantitative estimate of drug-likeness (QED) is 0.856. The molecule has 2 N–H and O–H groups in total. The molecule has 100 valence electrons. The van der Waals surface area contributed by atoms with E-state index in [-0.39, 0.29) is 0 Å². The largest absolute Gasteiger partial charge is 0.478 e. The third-order valence-electron chi connectivity index (χ3n) is 3.38. The van der Waals surface area contributed by atoms with Crippen LogP contribution in [0.4, 0.5) is 5.95 Å². The molecule has 1 aliphatic heterocycles.